The molecule has 4 rings (SSSR count). The molecule has 2 heterocycles. The van der Waals surface area contributed by atoms with Gasteiger partial charge in [0.2, 0.25) is 0 Å². The number of hydrogen-bond donors (Lipinski definition) is 0. The largest absolute Gasteiger partial charge is 0.304 e. The lowest BCUT2D eigenvalue weighted by Crippen LogP contribution is -2.43. The zero-order valence-electron chi connectivity index (χ0n) is 16.6. The van der Waals surface area contributed by atoms with Gasteiger partial charge in [-0.05, 0) is 89.1 Å². The fraction of sp³-hybridized carbons (Fsp3) is 0.333. The van der Waals surface area contributed by atoms with Crippen molar-refractivity contribution in [3.8, 4) is 10.4 Å². The molecule has 2 aromatic carbocycles. The van der Waals surface area contributed by atoms with Gasteiger partial charge in [0.25, 0.3) is 0 Å². The maximum absolute atomic E-state index is 2.57. The normalized spacial score (nSPS) is 15.8. The van der Waals surface area contributed by atoms with Gasteiger partial charge in [0.05, 0.1) is 0 Å². The minimum absolute atomic E-state index is 1.02. The molecule has 0 N–H and O–H groups in total. The number of likely N-dealkylation sites (N-methyl/N-ethyl adjacent to an activating group) is 1. The molecule has 0 atom stereocenters. The Balaban J connectivity index is 1.47. The van der Waals surface area contributed by atoms with Crippen LogP contribution in [0.2, 0.25) is 0 Å². The van der Waals surface area contributed by atoms with E-state index in [4.69, 9.17) is 0 Å². The molecule has 0 aliphatic carbocycles. The molecular weight excluding hydrogens is 475 g/mol. The minimum atomic E-state index is 1.02. The summed E-state index contributed by atoms with van der Waals surface area (Å²) in [6, 6.07) is 20.4. The second-order valence-corrected chi connectivity index (χ2v) is 10.2. The molecule has 0 radical (unpaired) electrons. The minimum Gasteiger partial charge on any atom is -0.304 e. The van der Waals surface area contributed by atoms with Crippen molar-refractivity contribution in [1.82, 2.24) is 9.80 Å². The van der Waals surface area contributed by atoms with Crippen molar-refractivity contribution >= 4 is 33.9 Å². The van der Waals surface area contributed by atoms with E-state index in [2.05, 4.69) is 101 Å². The van der Waals surface area contributed by atoms with E-state index < -0.39 is 0 Å². The molecule has 28 heavy (non-hydrogen) atoms. The van der Waals surface area contributed by atoms with Crippen molar-refractivity contribution in [3.05, 3.63) is 79.7 Å². The Morgan fingerprint density at radius 1 is 0.964 bits per heavy atom. The van der Waals surface area contributed by atoms with Gasteiger partial charge in [-0.1, -0.05) is 24.3 Å². The molecule has 1 fully saturated rings. The van der Waals surface area contributed by atoms with Gasteiger partial charge in [-0.3, -0.25) is 4.90 Å². The highest BCUT2D eigenvalue weighted by Crippen LogP contribution is 2.31. The van der Waals surface area contributed by atoms with Gasteiger partial charge < -0.3 is 4.90 Å². The quantitative estimate of drug-likeness (QED) is 0.415. The third kappa shape index (κ3) is 5.03. The fourth-order valence-corrected chi connectivity index (χ4v) is 5.32. The van der Waals surface area contributed by atoms with Crippen LogP contribution in [0.4, 0.5) is 0 Å². The van der Waals surface area contributed by atoms with Crippen molar-refractivity contribution in [3.63, 3.8) is 0 Å². The Morgan fingerprint density at radius 2 is 1.79 bits per heavy atom. The number of nitrogens with zero attached hydrogens (tertiary/aromatic N) is 2. The first kappa shape index (κ1) is 20.1. The zero-order chi connectivity index (χ0) is 19.5. The van der Waals surface area contributed by atoms with E-state index in [0.717, 1.165) is 13.0 Å². The van der Waals surface area contributed by atoms with Crippen LogP contribution in [-0.4, -0.2) is 43.0 Å². The topological polar surface area (TPSA) is 6.48 Å². The van der Waals surface area contributed by atoms with Crippen molar-refractivity contribution in [2.24, 2.45) is 0 Å². The third-order valence-corrected chi connectivity index (χ3v) is 7.36. The Morgan fingerprint density at radius 3 is 2.61 bits per heavy atom. The van der Waals surface area contributed by atoms with Crippen LogP contribution < -0.4 is 0 Å². The van der Waals surface area contributed by atoms with Gasteiger partial charge in [-0.25, -0.2) is 0 Å². The summed E-state index contributed by atoms with van der Waals surface area (Å²) < 4.78 is 1.31. The van der Waals surface area contributed by atoms with E-state index >= 15 is 0 Å². The maximum Gasteiger partial charge on any atom is 0.0345 e. The van der Waals surface area contributed by atoms with E-state index in [9.17, 15) is 0 Å². The molecule has 0 bridgehead atoms. The highest BCUT2D eigenvalue weighted by molar-refractivity contribution is 14.1. The second-order valence-electron chi connectivity index (χ2n) is 7.79. The van der Waals surface area contributed by atoms with Gasteiger partial charge in [-0.15, -0.1) is 11.3 Å². The Bertz CT molecular complexity index is 941. The van der Waals surface area contributed by atoms with E-state index in [-0.39, 0.29) is 0 Å². The molecule has 0 spiro atoms. The Hall–Kier alpha value is -1.21. The molecule has 1 aliphatic rings. The van der Waals surface area contributed by atoms with Gasteiger partial charge >= 0.3 is 0 Å². The average Bonchev–Trinajstić information content (AvgIpc) is 3.15. The number of aryl methyl sites for hydroxylation is 1. The number of halogens is 1. The van der Waals surface area contributed by atoms with Gasteiger partial charge in [-0.2, -0.15) is 0 Å². The summed E-state index contributed by atoms with van der Waals surface area (Å²) in [6.07, 6.45) is 1.02. The van der Waals surface area contributed by atoms with Crippen LogP contribution in [0.3, 0.4) is 0 Å². The van der Waals surface area contributed by atoms with Crippen molar-refractivity contribution in [1.29, 1.82) is 0 Å². The molecule has 0 unspecified atom stereocenters. The van der Waals surface area contributed by atoms with E-state index in [0.29, 0.717) is 0 Å². The molecule has 2 nitrogen and oxygen atoms in total. The Kier molecular flexibility index (Phi) is 6.51. The first-order valence-electron chi connectivity index (χ1n) is 9.91. The van der Waals surface area contributed by atoms with Crippen LogP contribution in [-0.2, 0) is 13.0 Å². The fourth-order valence-electron chi connectivity index (χ4n) is 3.73. The molecule has 146 valence electrons. The lowest BCUT2D eigenvalue weighted by Gasteiger charge is -2.32. The number of benzene rings is 2. The zero-order valence-corrected chi connectivity index (χ0v) is 19.6. The predicted molar refractivity (Wildman–Crippen MR) is 129 cm³/mol. The summed E-state index contributed by atoms with van der Waals surface area (Å²) in [5, 5.41) is 0. The van der Waals surface area contributed by atoms with E-state index in [1.807, 2.05) is 11.3 Å². The first-order valence-corrected chi connectivity index (χ1v) is 11.8. The summed E-state index contributed by atoms with van der Waals surface area (Å²) >= 11 is 4.33. The lowest BCUT2D eigenvalue weighted by molar-refractivity contribution is 0.148. The van der Waals surface area contributed by atoms with Crippen LogP contribution in [0.1, 0.15) is 21.6 Å². The van der Waals surface area contributed by atoms with Crippen molar-refractivity contribution < 1.29 is 0 Å². The first-order chi connectivity index (χ1) is 13.6. The maximum atomic E-state index is 2.57. The summed E-state index contributed by atoms with van der Waals surface area (Å²) in [5.41, 5.74) is 5.58. The molecule has 0 amide bonds. The number of piperazine rings is 1. The highest BCUT2D eigenvalue weighted by Gasteiger charge is 2.14. The lowest BCUT2D eigenvalue weighted by atomic mass is 10.1. The molecule has 0 saturated carbocycles. The molecule has 3 aromatic rings. The van der Waals surface area contributed by atoms with E-state index in [1.54, 1.807) is 0 Å². The highest BCUT2D eigenvalue weighted by atomic mass is 127. The van der Waals surface area contributed by atoms with Crippen LogP contribution in [0, 0.1) is 10.5 Å². The van der Waals surface area contributed by atoms with Crippen molar-refractivity contribution in [2.45, 2.75) is 19.9 Å². The van der Waals surface area contributed by atoms with E-state index in [1.165, 1.54) is 61.8 Å². The third-order valence-electron chi connectivity index (χ3n) is 5.55. The SMILES string of the molecule is Cc1ccc(I)cc1Cc1ccc(-c2cccc(CN3CCN(C)CC3)c2)s1. The summed E-state index contributed by atoms with van der Waals surface area (Å²) in [4.78, 5) is 7.79. The molecule has 1 aromatic heterocycles. The van der Waals surface area contributed by atoms with Crippen LogP contribution in [0.25, 0.3) is 10.4 Å². The summed E-state index contributed by atoms with van der Waals surface area (Å²) in [7, 11) is 2.21. The van der Waals surface area contributed by atoms with Crippen LogP contribution >= 0.6 is 33.9 Å². The monoisotopic (exact) mass is 502 g/mol. The number of thiophene rings is 1. The number of rotatable bonds is 5. The standard InChI is InChI=1S/C24H27IN2S/c1-18-6-7-22(25)15-21(18)16-23-8-9-24(28-23)20-5-3-4-19(14-20)17-27-12-10-26(2)11-13-27/h3-9,14-15H,10-13,16-17H2,1-2H3. The Labute approximate surface area is 186 Å². The molecule has 4 heteroatoms. The van der Waals surface area contributed by atoms with Crippen LogP contribution in [0.5, 0.6) is 0 Å². The molecular formula is C24H27IN2S. The average molecular weight is 502 g/mol. The van der Waals surface area contributed by atoms with Gasteiger partial charge in [0.1, 0.15) is 0 Å². The molecule has 1 saturated heterocycles. The van der Waals surface area contributed by atoms with Gasteiger partial charge in [0.15, 0.2) is 0 Å². The second kappa shape index (κ2) is 9.08. The van der Waals surface area contributed by atoms with Gasteiger partial charge in [0, 0.05) is 52.5 Å². The summed E-state index contributed by atoms with van der Waals surface area (Å²) in [6.45, 7) is 7.94. The summed E-state index contributed by atoms with van der Waals surface area (Å²) in [5.74, 6) is 0. The van der Waals surface area contributed by atoms with Crippen LogP contribution in [0.15, 0.2) is 54.6 Å². The van der Waals surface area contributed by atoms with Crippen molar-refractivity contribution in [2.75, 3.05) is 33.2 Å². The predicted octanol–water partition coefficient (Wildman–Crippen LogP) is 5.67. The number of hydrogen-bond acceptors (Lipinski definition) is 3. The molecule has 1 aliphatic heterocycles. The smallest absolute Gasteiger partial charge is 0.0345 e.